The van der Waals surface area contributed by atoms with Gasteiger partial charge in [0.1, 0.15) is 5.75 Å². The Morgan fingerprint density at radius 2 is 1.72 bits per heavy atom. The van der Waals surface area contributed by atoms with Crippen LogP contribution in [0.25, 0.3) is 21.8 Å². The van der Waals surface area contributed by atoms with Crippen molar-refractivity contribution in [3.8, 4) is 5.75 Å². The maximum atomic E-state index is 13.0. The summed E-state index contributed by atoms with van der Waals surface area (Å²) in [6.45, 7) is 2.07. The van der Waals surface area contributed by atoms with Crippen LogP contribution in [-0.2, 0) is 0 Å². The molecule has 0 spiro atoms. The lowest BCUT2D eigenvalue weighted by Gasteiger charge is -2.09. The van der Waals surface area contributed by atoms with Crippen LogP contribution in [0.5, 0.6) is 5.75 Å². The van der Waals surface area contributed by atoms with Gasteiger partial charge in [0.15, 0.2) is 5.78 Å². The largest absolute Gasteiger partial charge is 0.497 e. The highest BCUT2D eigenvalue weighted by Gasteiger charge is 2.14. The number of fused-ring (bicyclic) bond motifs is 2. The topological polar surface area (TPSA) is 39.2 Å². The molecule has 0 amide bonds. The van der Waals surface area contributed by atoms with Crippen LogP contribution < -0.4 is 4.74 Å². The number of aryl methyl sites for hydroxylation is 1. The van der Waals surface area contributed by atoms with E-state index >= 15 is 0 Å². The first-order chi connectivity index (χ1) is 12.2. The molecule has 3 aromatic carbocycles. The number of para-hydroxylation sites is 1. The number of methoxy groups -OCH3 is 1. The van der Waals surface area contributed by atoms with Crippen molar-refractivity contribution in [3.63, 3.8) is 0 Å². The molecule has 0 aliphatic rings. The first kappa shape index (κ1) is 15.3. The Morgan fingerprint density at radius 3 is 2.48 bits per heavy atom. The van der Waals surface area contributed by atoms with Crippen LogP contribution in [0, 0.1) is 6.92 Å². The Hall–Kier alpha value is -3.20. The van der Waals surface area contributed by atoms with Gasteiger partial charge in [0, 0.05) is 21.9 Å². The molecular weight excluding hydrogens is 310 g/mol. The highest BCUT2D eigenvalue weighted by Crippen LogP contribution is 2.26. The monoisotopic (exact) mass is 327 g/mol. The molecule has 0 saturated heterocycles. The van der Waals surface area contributed by atoms with Crippen molar-refractivity contribution in [3.05, 3.63) is 83.4 Å². The Morgan fingerprint density at radius 1 is 0.960 bits per heavy atom. The van der Waals surface area contributed by atoms with Gasteiger partial charge in [-0.1, -0.05) is 24.3 Å². The predicted molar refractivity (Wildman–Crippen MR) is 100 cm³/mol. The summed E-state index contributed by atoms with van der Waals surface area (Å²) in [7, 11) is 1.61. The summed E-state index contributed by atoms with van der Waals surface area (Å²) in [6, 6.07) is 21.1. The normalized spacial score (nSPS) is 11.0. The molecule has 4 rings (SSSR count). The van der Waals surface area contributed by atoms with Crippen LogP contribution in [-0.4, -0.2) is 17.9 Å². The molecule has 1 heterocycles. The van der Waals surface area contributed by atoms with Crippen molar-refractivity contribution < 1.29 is 9.53 Å². The average Bonchev–Trinajstić information content (AvgIpc) is 2.66. The van der Waals surface area contributed by atoms with Crippen LogP contribution in [0.2, 0.25) is 0 Å². The molecule has 0 aliphatic heterocycles. The number of aromatic nitrogens is 1. The molecule has 0 saturated carbocycles. The van der Waals surface area contributed by atoms with Crippen molar-refractivity contribution in [2.24, 2.45) is 0 Å². The van der Waals surface area contributed by atoms with E-state index in [9.17, 15) is 4.79 Å². The van der Waals surface area contributed by atoms with Crippen LogP contribution in [0.3, 0.4) is 0 Å². The Bertz CT molecular complexity index is 1100. The molecule has 3 heteroatoms. The second-order valence-electron chi connectivity index (χ2n) is 6.06. The smallest absolute Gasteiger partial charge is 0.195 e. The molecule has 4 aromatic rings. The minimum atomic E-state index is -0.0345. The van der Waals surface area contributed by atoms with E-state index in [1.165, 1.54) is 5.56 Å². The highest BCUT2D eigenvalue weighted by molar-refractivity contribution is 6.16. The minimum absolute atomic E-state index is 0.0345. The van der Waals surface area contributed by atoms with Gasteiger partial charge in [0.25, 0.3) is 0 Å². The van der Waals surface area contributed by atoms with Crippen molar-refractivity contribution in [1.29, 1.82) is 0 Å². The van der Waals surface area contributed by atoms with Gasteiger partial charge < -0.3 is 4.74 Å². The van der Waals surface area contributed by atoms with E-state index in [0.717, 1.165) is 27.6 Å². The van der Waals surface area contributed by atoms with E-state index in [1.54, 1.807) is 31.4 Å². The molecule has 3 nitrogen and oxygen atoms in total. The fourth-order valence-corrected chi connectivity index (χ4v) is 3.11. The van der Waals surface area contributed by atoms with E-state index in [1.807, 2.05) is 30.3 Å². The van der Waals surface area contributed by atoms with Gasteiger partial charge in [0.2, 0.25) is 0 Å². The molecule has 0 bridgehead atoms. The summed E-state index contributed by atoms with van der Waals surface area (Å²) >= 11 is 0. The fourth-order valence-electron chi connectivity index (χ4n) is 3.11. The third kappa shape index (κ3) is 2.64. The van der Waals surface area contributed by atoms with Gasteiger partial charge in [-0.15, -0.1) is 0 Å². The zero-order chi connectivity index (χ0) is 17.4. The second kappa shape index (κ2) is 6.02. The molecule has 0 fully saturated rings. The van der Waals surface area contributed by atoms with Crippen LogP contribution in [0.15, 0.2) is 66.7 Å². The number of benzene rings is 3. The lowest BCUT2D eigenvalue weighted by Crippen LogP contribution is -2.03. The van der Waals surface area contributed by atoms with Crippen LogP contribution in [0.1, 0.15) is 21.5 Å². The van der Waals surface area contributed by atoms with Crippen molar-refractivity contribution in [1.82, 2.24) is 4.98 Å². The minimum Gasteiger partial charge on any atom is -0.497 e. The first-order valence-electron chi connectivity index (χ1n) is 8.15. The van der Waals surface area contributed by atoms with E-state index < -0.39 is 0 Å². The number of hydrogen-bond donors (Lipinski definition) is 0. The third-order valence-electron chi connectivity index (χ3n) is 4.50. The lowest BCUT2D eigenvalue weighted by atomic mass is 9.99. The van der Waals surface area contributed by atoms with Gasteiger partial charge in [-0.2, -0.15) is 0 Å². The van der Waals surface area contributed by atoms with Crippen LogP contribution in [0.4, 0.5) is 0 Å². The number of ether oxygens (including phenoxy) is 1. The summed E-state index contributed by atoms with van der Waals surface area (Å²) in [5.74, 6) is 0.696. The molecular formula is C22H17NO2. The standard InChI is InChI=1S/C22H17NO2/c1-14-5-3-8-20-19(14)13-16-6-4-7-18(21(16)23-20)22(24)15-9-11-17(25-2)12-10-15/h3-13H,1-2H3. The quantitative estimate of drug-likeness (QED) is 0.395. The molecule has 0 aliphatic carbocycles. The van der Waals surface area contributed by atoms with E-state index in [2.05, 4.69) is 19.1 Å². The zero-order valence-corrected chi connectivity index (χ0v) is 14.1. The molecule has 122 valence electrons. The summed E-state index contributed by atoms with van der Waals surface area (Å²) in [5, 5.41) is 2.09. The van der Waals surface area contributed by atoms with E-state index in [-0.39, 0.29) is 5.78 Å². The van der Waals surface area contributed by atoms with E-state index in [4.69, 9.17) is 9.72 Å². The first-order valence-corrected chi connectivity index (χ1v) is 8.15. The number of ketones is 1. The molecule has 25 heavy (non-hydrogen) atoms. The molecule has 0 atom stereocenters. The van der Waals surface area contributed by atoms with Gasteiger partial charge in [0.05, 0.1) is 18.1 Å². The number of rotatable bonds is 3. The fraction of sp³-hybridized carbons (Fsp3) is 0.0909. The van der Waals surface area contributed by atoms with Crippen molar-refractivity contribution in [2.45, 2.75) is 6.92 Å². The summed E-state index contributed by atoms with van der Waals surface area (Å²) in [5.41, 5.74) is 4.06. The molecule has 0 N–H and O–H groups in total. The van der Waals surface area contributed by atoms with Gasteiger partial charge in [-0.05, 0) is 55.0 Å². The number of hydrogen-bond acceptors (Lipinski definition) is 3. The highest BCUT2D eigenvalue weighted by atomic mass is 16.5. The van der Waals surface area contributed by atoms with Crippen molar-refractivity contribution >= 4 is 27.6 Å². The van der Waals surface area contributed by atoms with Crippen LogP contribution >= 0.6 is 0 Å². The number of nitrogens with zero attached hydrogens (tertiary/aromatic N) is 1. The summed E-state index contributed by atoms with van der Waals surface area (Å²) in [6.07, 6.45) is 0. The number of carbonyl (C=O) groups is 1. The second-order valence-corrected chi connectivity index (χ2v) is 6.06. The molecule has 1 aromatic heterocycles. The average molecular weight is 327 g/mol. The van der Waals surface area contributed by atoms with Crippen molar-refractivity contribution in [2.75, 3.05) is 7.11 Å². The Balaban J connectivity index is 1.90. The molecule has 0 radical (unpaired) electrons. The van der Waals surface area contributed by atoms with Gasteiger partial charge in [-0.3, -0.25) is 4.79 Å². The SMILES string of the molecule is COc1ccc(C(=O)c2cccc3cc4c(C)cccc4nc23)cc1. The summed E-state index contributed by atoms with van der Waals surface area (Å²) < 4.78 is 5.16. The summed E-state index contributed by atoms with van der Waals surface area (Å²) in [4.78, 5) is 17.8. The zero-order valence-electron chi connectivity index (χ0n) is 14.1. The lowest BCUT2D eigenvalue weighted by molar-refractivity contribution is 0.104. The number of carbonyl (C=O) groups excluding carboxylic acids is 1. The van der Waals surface area contributed by atoms with E-state index in [0.29, 0.717) is 11.1 Å². The maximum absolute atomic E-state index is 13.0. The number of pyridine rings is 1. The Kier molecular flexibility index (Phi) is 3.69. The maximum Gasteiger partial charge on any atom is 0.195 e. The van der Waals surface area contributed by atoms with Gasteiger partial charge >= 0.3 is 0 Å². The van der Waals surface area contributed by atoms with Gasteiger partial charge in [-0.25, -0.2) is 4.98 Å². The Labute approximate surface area is 145 Å². The molecule has 0 unspecified atom stereocenters. The predicted octanol–water partition coefficient (Wildman–Crippen LogP) is 4.94. The third-order valence-corrected chi connectivity index (χ3v) is 4.50.